The minimum absolute atomic E-state index is 0.0683. The molecule has 0 unspecified atom stereocenters. The van der Waals surface area contributed by atoms with E-state index < -0.39 is 5.56 Å². The van der Waals surface area contributed by atoms with Gasteiger partial charge in [0.15, 0.2) is 0 Å². The smallest absolute Gasteiger partial charge is 0.266 e. The molecule has 0 aliphatic carbocycles. The van der Waals surface area contributed by atoms with E-state index in [1.807, 2.05) is 6.07 Å². The third kappa shape index (κ3) is 2.50. The maximum Gasteiger partial charge on any atom is 0.287 e. The zero-order valence-corrected chi connectivity index (χ0v) is 10.5. The Morgan fingerprint density at radius 3 is 2.94 bits per heavy atom. The van der Waals surface area contributed by atoms with Crippen molar-refractivity contribution in [2.45, 2.75) is 6.54 Å². The molecule has 2 rings (SSSR count). The number of halogens is 2. The van der Waals surface area contributed by atoms with Gasteiger partial charge < -0.3 is 0 Å². The maximum absolute atomic E-state index is 11.8. The summed E-state index contributed by atoms with van der Waals surface area (Å²) in [7, 11) is 0. The van der Waals surface area contributed by atoms with Gasteiger partial charge in [0.25, 0.3) is 5.56 Å². The number of rotatable bonds is 2. The first-order valence-electron chi connectivity index (χ1n) is 4.88. The van der Waals surface area contributed by atoms with Crippen LogP contribution in [0.15, 0.2) is 29.3 Å². The van der Waals surface area contributed by atoms with Gasteiger partial charge in [-0.15, -0.1) is 0 Å². The highest BCUT2D eigenvalue weighted by atomic mass is 35.5. The summed E-state index contributed by atoms with van der Waals surface area (Å²) < 4.78 is 1.17. The molecule has 0 N–H and O–H groups in total. The Hall–Kier alpha value is -1.90. The van der Waals surface area contributed by atoms with Crippen molar-refractivity contribution in [3.63, 3.8) is 0 Å². The van der Waals surface area contributed by atoms with Gasteiger partial charge in [-0.2, -0.15) is 10.4 Å². The van der Waals surface area contributed by atoms with Crippen LogP contribution in [0.1, 0.15) is 11.3 Å². The fraction of sp³-hybridized carbons (Fsp3) is 0.0909. The molecule has 0 spiro atoms. The maximum atomic E-state index is 11.8. The number of hydrogen-bond donors (Lipinski definition) is 0. The predicted octanol–water partition coefficient (Wildman–Crippen LogP) is 1.87. The van der Waals surface area contributed by atoms with Gasteiger partial charge in [0.2, 0.25) is 0 Å². The van der Waals surface area contributed by atoms with Crippen LogP contribution >= 0.6 is 23.2 Å². The zero-order chi connectivity index (χ0) is 13.1. The van der Waals surface area contributed by atoms with E-state index in [0.29, 0.717) is 0 Å². The Bertz CT molecular complexity index is 690. The minimum Gasteiger partial charge on any atom is -0.266 e. The van der Waals surface area contributed by atoms with E-state index in [0.717, 1.165) is 5.56 Å². The first-order chi connectivity index (χ1) is 8.61. The lowest BCUT2D eigenvalue weighted by molar-refractivity contribution is 0.638. The van der Waals surface area contributed by atoms with Crippen LogP contribution in [0.5, 0.6) is 0 Å². The molecule has 0 atom stereocenters. The van der Waals surface area contributed by atoms with E-state index in [4.69, 9.17) is 28.5 Å². The van der Waals surface area contributed by atoms with Crippen molar-refractivity contribution in [3.8, 4) is 6.07 Å². The van der Waals surface area contributed by atoms with Crippen LogP contribution in [-0.2, 0) is 6.54 Å². The van der Waals surface area contributed by atoms with Crippen LogP contribution in [0.2, 0.25) is 10.0 Å². The minimum atomic E-state index is -0.473. The van der Waals surface area contributed by atoms with Gasteiger partial charge in [-0.25, -0.2) is 9.67 Å². The first-order valence-corrected chi connectivity index (χ1v) is 5.63. The summed E-state index contributed by atoms with van der Waals surface area (Å²) in [4.78, 5) is 15.6. The summed E-state index contributed by atoms with van der Waals surface area (Å²) in [6.07, 6.45) is 2.80. The summed E-state index contributed by atoms with van der Waals surface area (Å²) in [5.74, 6) is 0. The van der Waals surface area contributed by atoms with E-state index in [9.17, 15) is 4.79 Å². The average molecular weight is 281 g/mol. The lowest BCUT2D eigenvalue weighted by atomic mass is 10.2. The standard InChI is InChI=1S/C11H6Cl2N4O/c12-9-5-16-17(11(18)10(9)13)6-7-1-2-15-8(3-7)4-14/h1-3,5H,6H2. The van der Waals surface area contributed by atoms with Crippen molar-refractivity contribution in [2.24, 2.45) is 0 Å². The quantitative estimate of drug-likeness (QED) is 0.842. The highest BCUT2D eigenvalue weighted by Crippen LogP contribution is 2.14. The SMILES string of the molecule is N#Cc1cc(Cn2ncc(Cl)c(Cl)c2=O)ccn1. The fourth-order valence-corrected chi connectivity index (χ4v) is 1.64. The average Bonchev–Trinajstić information content (AvgIpc) is 2.40. The first kappa shape index (κ1) is 12.6. The summed E-state index contributed by atoms with van der Waals surface area (Å²) in [6.45, 7) is 0.201. The van der Waals surface area contributed by atoms with Crippen LogP contribution < -0.4 is 5.56 Å². The zero-order valence-electron chi connectivity index (χ0n) is 8.97. The van der Waals surface area contributed by atoms with Crippen LogP contribution in [0.25, 0.3) is 0 Å². The molecule has 2 aromatic heterocycles. The van der Waals surface area contributed by atoms with E-state index in [2.05, 4.69) is 10.1 Å². The molecule has 0 bridgehead atoms. The molecule has 0 radical (unpaired) electrons. The van der Waals surface area contributed by atoms with Gasteiger partial charge in [0.1, 0.15) is 16.8 Å². The second kappa shape index (κ2) is 5.17. The van der Waals surface area contributed by atoms with Crippen LogP contribution in [0, 0.1) is 11.3 Å². The lowest BCUT2D eigenvalue weighted by Crippen LogP contribution is -2.23. The summed E-state index contributed by atoms with van der Waals surface area (Å²) in [5.41, 5.74) is 0.537. The van der Waals surface area contributed by atoms with Gasteiger partial charge >= 0.3 is 0 Å². The van der Waals surface area contributed by atoms with Crippen LogP contribution in [-0.4, -0.2) is 14.8 Å². The van der Waals surface area contributed by atoms with Gasteiger partial charge in [-0.3, -0.25) is 4.79 Å². The highest BCUT2D eigenvalue weighted by Gasteiger charge is 2.08. The third-order valence-electron chi connectivity index (χ3n) is 2.21. The second-order valence-corrected chi connectivity index (χ2v) is 4.22. The molecule has 90 valence electrons. The molecular weight excluding hydrogens is 275 g/mol. The summed E-state index contributed by atoms with van der Waals surface area (Å²) in [6, 6.07) is 5.19. The Balaban J connectivity index is 2.38. The molecule has 18 heavy (non-hydrogen) atoms. The molecule has 7 heteroatoms. The molecular formula is C11H6Cl2N4O. The molecule has 2 heterocycles. The lowest BCUT2D eigenvalue weighted by Gasteiger charge is -2.05. The molecule has 0 amide bonds. The van der Waals surface area contributed by atoms with E-state index >= 15 is 0 Å². The molecule has 0 aliphatic rings. The Kier molecular flexibility index (Phi) is 3.60. The van der Waals surface area contributed by atoms with Crippen molar-refractivity contribution in [1.82, 2.24) is 14.8 Å². The van der Waals surface area contributed by atoms with E-state index in [-0.39, 0.29) is 22.3 Å². The number of aromatic nitrogens is 3. The topological polar surface area (TPSA) is 71.6 Å². The monoisotopic (exact) mass is 280 g/mol. The van der Waals surface area contributed by atoms with Gasteiger partial charge in [-0.05, 0) is 17.7 Å². The molecule has 0 saturated carbocycles. The Morgan fingerprint density at radius 2 is 2.22 bits per heavy atom. The molecule has 5 nitrogen and oxygen atoms in total. The normalized spacial score (nSPS) is 10.1. The summed E-state index contributed by atoms with van der Waals surface area (Å²) in [5, 5.41) is 12.6. The van der Waals surface area contributed by atoms with E-state index in [1.165, 1.54) is 17.1 Å². The van der Waals surface area contributed by atoms with E-state index in [1.54, 1.807) is 12.1 Å². The number of nitrogens with zero attached hydrogens (tertiary/aromatic N) is 4. The predicted molar refractivity (Wildman–Crippen MR) is 66.6 cm³/mol. The number of nitriles is 1. The molecule has 0 aliphatic heterocycles. The van der Waals surface area contributed by atoms with Crippen LogP contribution in [0.4, 0.5) is 0 Å². The molecule has 0 aromatic carbocycles. The van der Waals surface area contributed by atoms with Gasteiger partial charge in [0, 0.05) is 6.20 Å². The number of pyridine rings is 1. The largest absolute Gasteiger partial charge is 0.287 e. The van der Waals surface area contributed by atoms with Crippen LogP contribution in [0.3, 0.4) is 0 Å². The van der Waals surface area contributed by atoms with Gasteiger partial charge in [0.05, 0.1) is 17.8 Å². The Labute approximate surface area is 112 Å². The molecule has 0 saturated heterocycles. The third-order valence-corrected chi connectivity index (χ3v) is 2.96. The van der Waals surface area contributed by atoms with Crippen molar-refractivity contribution in [3.05, 3.63) is 56.2 Å². The van der Waals surface area contributed by atoms with Crippen molar-refractivity contribution >= 4 is 23.2 Å². The van der Waals surface area contributed by atoms with Crippen molar-refractivity contribution in [2.75, 3.05) is 0 Å². The van der Waals surface area contributed by atoms with Gasteiger partial charge in [-0.1, -0.05) is 23.2 Å². The highest BCUT2D eigenvalue weighted by molar-refractivity contribution is 6.41. The van der Waals surface area contributed by atoms with Crippen molar-refractivity contribution < 1.29 is 0 Å². The summed E-state index contributed by atoms with van der Waals surface area (Å²) >= 11 is 11.4. The number of hydrogen-bond acceptors (Lipinski definition) is 4. The fourth-order valence-electron chi connectivity index (χ4n) is 1.36. The van der Waals surface area contributed by atoms with Crippen molar-refractivity contribution in [1.29, 1.82) is 5.26 Å². The second-order valence-electron chi connectivity index (χ2n) is 3.43. The molecule has 2 aromatic rings. The Morgan fingerprint density at radius 1 is 1.44 bits per heavy atom. The molecule has 0 fully saturated rings.